The molecule has 1 aromatic rings. The lowest BCUT2D eigenvalue weighted by Crippen LogP contribution is -2.33. The van der Waals surface area contributed by atoms with Gasteiger partial charge in [-0.05, 0) is 38.8 Å². The third-order valence-corrected chi connectivity index (χ3v) is 3.27. The minimum atomic E-state index is 0.426. The van der Waals surface area contributed by atoms with Crippen LogP contribution in [0.2, 0.25) is 0 Å². The van der Waals surface area contributed by atoms with Gasteiger partial charge in [-0.1, -0.05) is 31.9 Å². The average molecular weight is 244 g/mol. The number of aryl methyl sites for hydroxylation is 1. The van der Waals surface area contributed by atoms with Gasteiger partial charge in [0.2, 0.25) is 0 Å². The topological polar surface area (TPSA) is 27.0 Å². The van der Waals surface area contributed by atoms with Crippen LogP contribution in [-0.2, 0) is 0 Å². The Hall–Kier alpha value is -1.49. The molecule has 0 bridgehead atoms. The summed E-state index contributed by atoms with van der Waals surface area (Å²) < 4.78 is 0. The average Bonchev–Trinajstić information content (AvgIpc) is 2.35. The highest BCUT2D eigenvalue weighted by Gasteiger charge is 2.16. The molecule has 0 spiro atoms. The highest BCUT2D eigenvalue weighted by atomic mass is 15.2. The first-order chi connectivity index (χ1) is 8.61. The normalized spacial score (nSPS) is 10.4. The SMILES string of the molecule is CCCCCN(c1c(C)cccc1C#N)C(C)C. The summed E-state index contributed by atoms with van der Waals surface area (Å²) >= 11 is 0. The Labute approximate surface area is 111 Å². The molecular formula is C16H24N2. The molecule has 0 amide bonds. The molecule has 2 heteroatoms. The van der Waals surface area contributed by atoms with Gasteiger partial charge in [-0.15, -0.1) is 0 Å². The van der Waals surface area contributed by atoms with E-state index in [-0.39, 0.29) is 0 Å². The van der Waals surface area contributed by atoms with Crippen LogP contribution in [0.5, 0.6) is 0 Å². The van der Waals surface area contributed by atoms with E-state index in [1.54, 1.807) is 0 Å². The maximum Gasteiger partial charge on any atom is 0.101 e. The molecule has 98 valence electrons. The summed E-state index contributed by atoms with van der Waals surface area (Å²) in [4.78, 5) is 2.36. The molecule has 0 aliphatic rings. The number of unbranched alkanes of at least 4 members (excludes halogenated alkanes) is 2. The van der Waals surface area contributed by atoms with Gasteiger partial charge in [0.05, 0.1) is 11.3 Å². The van der Waals surface area contributed by atoms with Crippen LogP contribution >= 0.6 is 0 Å². The quantitative estimate of drug-likeness (QED) is 0.699. The minimum absolute atomic E-state index is 0.426. The molecule has 0 N–H and O–H groups in total. The standard InChI is InChI=1S/C16H24N2/c1-5-6-7-11-18(13(2)3)16-14(4)9-8-10-15(16)12-17/h8-10,13H,5-7,11H2,1-4H3. The van der Waals surface area contributed by atoms with Crippen LogP contribution in [0.4, 0.5) is 5.69 Å². The Kier molecular flexibility index (Phi) is 5.71. The molecule has 1 aromatic carbocycles. The summed E-state index contributed by atoms with van der Waals surface area (Å²) in [6.07, 6.45) is 3.66. The van der Waals surface area contributed by atoms with Crippen molar-refractivity contribution in [2.24, 2.45) is 0 Å². The highest BCUT2D eigenvalue weighted by Crippen LogP contribution is 2.26. The maximum atomic E-state index is 9.27. The lowest BCUT2D eigenvalue weighted by Gasteiger charge is -2.31. The van der Waals surface area contributed by atoms with E-state index >= 15 is 0 Å². The summed E-state index contributed by atoms with van der Waals surface area (Å²) in [6, 6.07) is 8.71. The van der Waals surface area contributed by atoms with Crippen LogP contribution in [0.25, 0.3) is 0 Å². The van der Waals surface area contributed by atoms with Crippen molar-refractivity contribution < 1.29 is 0 Å². The van der Waals surface area contributed by atoms with E-state index in [1.807, 2.05) is 12.1 Å². The molecule has 0 aliphatic carbocycles. The van der Waals surface area contributed by atoms with E-state index in [1.165, 1.54) is 24.8 Å². The van der Waals surface area contributed by atoms with Crippen molar-refractivity contribution >= 4 is 5.69 Å². The second kappa shape index (κ2) is 7.06. The Balaban J connectivity index is 3.02. The van der Waals surface area contributed by atoms with Crippen molar-refractivity contribution in [2.45, 2.75) is 53.0 Å². The van der Waals surface area contributed by atoms with E-state index in [0.29, 0.717) is 6.04 Å². The van der Waals surface area contributed by atoms with E-state index in [4.69, 9.17) is 0 Å². The second-order valence-corrected chi connectivity index (χ2v) is 5.08. The Morgan fingerprint density at radius 3 is 2.56 bits per heavy atom. The predicted octanol–water partition coefficient (Wildman–Crippen LogP) is 4.27. The fourth-order valence-corrected chi connectivity index (χ4v) is 2.29. The van der Waals surface area contributed by atoms with Gasteiger partial charge in [-0.3, -0.25) is 0 Å². The van der Waals surface area contributed by atoms with Crippen LogP contribution in [0.1, 0.15) is 51.2 Å². The predicted molar refractivity (Wildman–Crippen MR) is 77.9 cm³/mol. The smallest absolute Gasteiger partial charge is 0.101 e. The molecule has 0 radical (unpaired) electrons. The molecule has 0 aromatic heterocycles. The van der Waals surface area contributed by atoms with Crippen molar-refractivity contribution in [1.29, 1.82) is 5.26 Å². The molecular weight excluding hydrogens is 220 g/mol. The summed E-state index contributed by atoms with van der Waals surface area (Å²) in [5, 5.41) is 9.27. The summed E-state index contributed by atoms with van der Waals surface area (Å²) in [6.45, 7) is 9.73. The maximum absolute atomic E-state index is 9.27. The van der Waals surface area contributed by atoms with Crippen LogP contribution in [0, 0.1) is 18.3 Å². The van der Waals surface area contributed by atoms with Crippen LogP contribution < -0.4 is 4.90 Å². The molecule has 0 saturated carbocycles. The second-order valence-electron chi connectivity index (χ2n) is 5.08. The van der Waals surface area contributed by atoms with Gasteiger partial charge in [0.25, 0.3) is 0 Å². The van der Waals surface area contributed by atoms with Crippen molar-refractivity contribution in [3.8, 4) is 6.07 Å². The first-order valence-electron chi connectivity index (χ1n) is 6.88. The van der Waals surface area contributed by atoms with E-state index in [2.05, 4.69) is 44.7 Å². The molecule has 0 saturated heterocycles. The summed E-state index contributed by atoms with van der Waals surface area (Å²) in [5.41, 5.74) is 3.10. The van der Waals surface area contributed by atoms with Gasteiger partial charge < -0.3 is 4.90 Å². The third-order valence-electron chi connectivity index (χ3n) is 3.27. The van der Waals surface area contributed by atoms with Crippen LogP contribution in [-0.4, -0.2) is 12.6 Å². The van der Waals surface area contributed by atoms with Crippen molar-refractivity contribution in [1.82, 2.24) is 0 Å². The first-order valence-corrected chi connectivity index (χ1v) is 6.88. The number of nitrogens with zero attached hydrogens (tertiary/aromatic N) is 2. The Bertz CT molecular complexity index is 416. The molecule has 0 atom stereocenters. The van der Waals surface area contributed by atoms with Gasteiger partial charge in [-0.2, -0.15) is 5.26 Å². The molecule has 0 heterocycles. The molecule has 18 heavy (non-hydrogen) atoms. The highest BCUT2D eigenvalue weighted by molar-refractivity contribution is 5.64. The first kappa shape index (κ1) is 14.6. The van der Waals surface area contributed by atoms with Crippen molar-refractivity contribution in [2.75, 3.05) is 11.4 Å². The van der Waals surface area contributed by atoms with Crippen LogP contribution in [0.15, 0.2) is 18.2 Å². The Morgan fingerprint density at radius 1 is 1.28 bits per heavy atom. The number of benzene rings is 1. The summed E-state index contributed by atoms with van der Waals surface area (Å²) in [7, 11) is 0. The fourth-order valence-electron chi connectivity index (χ4n) is 2.29. The lowest BCUT2D eigenvalue weighted by molar-refractivity contribution is 0.624. The largest absolute Gasteiger partial charge is 0.368 e. The van der Waals surface area contributed by atoms with E-state index in [0.717, 1.165) is 17.8 Å². The minimum Gasteiger partial charge on any atom is -0.368 e. The van der Waals surface area contributed by atoms with Gasteiger partial charge in [0.15, 0.2) is 0 Å². The molecule has 0 fully saturated rings. The summed E-state index contributed by atoms with van der Waals surface area (Å²) in [5.74, 6) is 0. The molecule has 2 nitrogen and oxygen atoms in total. The van der Waals surface area contributed by atoms with Gasteiger partial charge in [0.1, 0.15) is 6.07 Å². The Morgan fingerprint density at radius 2 is 2.00 bits per heavy atom. The zero-order valence-corrected chi connectivity index (χ0v) is 12.0. The number of para-hydroxylation sites is 1. The van der Waals surface area contributed by atoms with E-state index < -0.39 is 0 Å². The number of hydrogen-bond donors (Lipinski definition) is 0. The number of anilines is 1. The zero-order chi connectivity index (χ0) is 13.5. The molecule has 0 aliphatic heterocycles. The van der Waals surface area contributed by atoms with Crippen LogP contribution in [0.3, 0.4) is 0 Å². The third kappa shape index (κ3) is 3.50. The number of hydrogen-bond acceptors (Lipinski definition) is 2. The molecule has 1 rings (SSSR count). The van der Waals surface area contributed by atoms with Gasteiger partial charge >= 0.3 is 0 Å². The van der Waals surface area contributed by atoms with E-state index in [9.17, 15) is 5.26 Å². The van der Waals surface area contributed by atoms with Crippen molar-refractivity contribution in [3.05, 3.63) is 29.3 Å². The van der Waals surface area contributed by atoms with Gasteiger partial charge in [-0.25, -0.2) is 0 Å². The molecule has 0 unspecified atom stereocenters. The number of nitriles is 1. The van der Waals surface area contributed by atoms with Gasteiger partial charge in [0, 0.05) is 12.6 Å². The lowest BCUT2D eigenvalue weighted by atomic mass is 10.1. The fraction of sp³-hybridized carbons (Fsp3) is 0.562. The zero-order valence-electron chi connectivity index (χ0n) is 12.0. The number of rotatable bonds is 6. The van der Waals surface area contributed by atoms with Crippen molar-refractivity contribution in [3.63, 3.8) is 0 Å². The monoisotopic (exact) mass is 244 g/mol.